The molecule has 2 N–H and O–H groups in total. The van der Waals surface area contributed by atoms with Crippen LogP contribution in [0.5, 0.6) is 0 Å². The molecule has 0 radical (unpaired) electrons. The van der Waals surface area contributed by atoms with E-state index in [2.05, 4.69) is 25.1 Å². The monoisotopic (exact) mass is 402 g/mol. The van der Waals surface area contributed by atoms with Crippen molar-refractivity contribution in [3.05, 3.63) is 93.5 Å². The molecule has 0 fully saturated rings. The van der Waals surface area contributed by atoms with E-state index in [1.54, 1.807) is 6.07 Å². The van der Waals surface area contributed by atoms with Gasteiger partial charge in [0, 0.05) is 15.6 Å². The van der Waals surface area contributed by atoms with E-state index in [0.717, 1.165) is 27.8 Å². The van der Waals surface area contributed by atoms with Crippen LogP contribution < -0.4 is 5.73 Å². The molecule has 132 valence electrons. The molecule has 3 aromatic carbocycles. The highest BCUT2D eigenvalue weighted by Gasteiger charge is 2.36. The van der Waals surface area contributed by atoms with Gasteiger partial charge in [-0.05, 0) is 53.4 Å². The summed E-state index contributed by atoms with van der Waals surface area (Å²) in [6.07, 6.45) is 0. The van der Waals surface area contributed by atoms with Crippen molar-refractivity contribution in [3.8, 4) is 11.1 Å². The van der Waals surface area contributed by atoms with Gasteiger partial charge in [0.25, 0.3) is 0 Å². The molecule has 1 unspecified atom stereocenters. The van der Waals surface area contributed by atoms with Crippen molar-refractivity contribution in [2.24, 2.45) is 10.7 Å². The SMILES string of the molecule is CC1(c2cccc(-c3cc(Cl)cc(Cl)c3)c2)N=C(N)c2ccccc21.Cl. The molecule has 4 rings (SSSR count). The molecule has 1 atom stereocenters. The highest BCUT2D eigenvalue weighted by molar-refractivity contribution is 6.35. The first kappa shape index (κ1) is 18.8. The summed E-state index contributed by atoms with van der Waals surface area (Å²) in [5.74, 6) is 0.578. The number of amidine groups is 1. The quantitative estimate of drug-likeness (QED) is 0.554. The van der Waals surface area contributed by atoms with Crippen LogP contribution in [0, 0.1) is 0 Å². The van der Waals surface area contributed by atoms with E-state index < -0.39 is 5.54 Å². The zero-order chi connectivity index (χ0) is 17.6. The minimum atomic E-state index is -0.501. The molecule has 0 saturated heterocycles. The van der Waals surface area contributed by atoms with Crippen molar-refractivity contribution in [3.63, 3.8) is 0 Å². The summed E-state index contributed by atoms with van der Waals surface area (Å²) in [6.45, 7) is 2.09. The molecule has 0 saturated carbocycles. The van der Waals surface area contributed by atoms with Gasteiger partial charge >= 0.3 is 0 Å². The fraction of sp³-hybridized carbons (Fsp3) is 0.0952. The first-order valence-corrected chi connectivity index (χ1v) is 8.75. The van der Waals surface area contributed by atoms with Gasteiger partial charge in [-0.25, -0.2) is 0 Å². The summed E-state index contributed by atoms with van der Waals surface area (Å²) in [5.41, 5.74) is 10.9. The summed E-state index contributed by atoms with van der Waals surface area (Å²) in [7, 11) is 0. The van der Waals surface area contributed by atoms with Gasteiger partial charge in [0.2, 0.25) is 0 Å². The maximum atomic E-state index is 6.16. The molecule has 2 nitrogen and oxygen atoms in total. The predicted octanol–water partition coefficient (Wildman–Crippen LogP) is 6.06. The van der Waals surface area contributed by atoms with Gasteiger partial charge < -0.3 is 5.73 Å². The van der Waals surface area contributed by atoms with Gasteiger partial charge in [-0.1, -0.05) is 65.7 Å². The van der Waals surface area contributed by atoms with Crippen LogP contribution in [0.4, 0.5) is 0 Å². The van der Waals surface area contributed by atoms with Gasteiger partial charge in [-0.15, -0.1) is 12.4 Å². The van der Waals surface area contributed by atoms with Crippen molar-refractivity contribution in [2.75, 3.05) is 0 Å². The van der Waals surface area contributed by atoms with Crippen molar-refractivity contribution >= 4 is 41.4 Å². The molecule has 1 aliphatic rings. The van der Waals surface area contributed by atoms with E-state index in [-0.39, 0.29) is 12.4 Å². The Balaban J connectivity index is 0.00000196. The Kier molecular flexibility index (Phi) is 5.03. The predicted molar refractivity (Wildman–Crippen MR) is 113 cm³/mol. The van der Waals surface area contributed by atoms with Crippen molar-refractivity contribution < 1.29 is 0 Å². The highest BCUT2D eigenvalue weighted by Crippen LogP contribution is 2.41. The van der Waals surface area contributed by atoms with Gasteiger partial charge in [0.1, 0.15) is 11.4 Å². The topological polar surface area (TPSA) is 38.4 Å². The Bertz CT molecular complexity index is 993. The Morgan fingerprint density at radius 3 is 2.27 bits per heavy atom. The molecule has 5 heteroatoms. The van der Waals surface area contributed by atoms with Crippen LogP contribution in [0.3, 0.4) is 0 Å². The molecule has 1 heterocycles. The van der Waals surface area contributed by atoms with Crippen molar-refractivity contribution in [1.29, 1.82) is 0 Å². The zero-order valence-electron chi connectivity index (χ0n) is 14.0. The third kappa shape index (κ3) is 3.09. The second kappa shape index (κ2) is 6.96. The van der Waals surface area contributed by atoms with Gasteiger partial charge in [0.05, 0.1) is 0 Å². The molecule has 3 aromatic rings. The Labute approximate surface area is 169 Å². The number of aliphatic imine (C=N–C) groups is 1. The van der Waals surface area contributed by atoms with Crippen molar-refractivity contribution in [2.45, 2.75) is 12.5 Å². The van der Waals surface area contributed by atoms with E-state index in [0.29, 0.717) is 15.9 Å². The Morgan fingerprint density at radius 2 is 1.54 bits per heavy atom. The zero-order valence-corrected chi connectivity index (χ0v) is 16.4. The van der Waals surface area contributed by atoms with Crippen LogP contribution in [-0.2, 0) is 5.54 Å². The largest absolute Gasteiger partial charge is 0.383 e. The Morgan fingerprint density at radius 1 is 0.846 bits per heavy atom. The molecule has 0 aromatic heterocycles. The lowest BCUT2D eigenvalue weighted by Crippen LogP contribution is -2.18. The van der Waals surface area contributed by atoms with E-state index in [1.807, 2.05) is 42.5 Å². The van der Waals surface area contributed by atoms with Gasteiger partial charge in [-0.3, -0.25) is 4.99 Å². The maximum Gasteiger partial charge on any atom is 0.127 e. The lowest BCUT2D eigenvalue weighted by molar-refractivity contribution is 0.621. The van der Waals surface area contributed by atoms with E-state index in [4.69, 9.17) is 33.9 Å². The second-order valence-electron chi connectivity index (χ2n) is 6.35. The minimum Gasteiger partial charge on any atom is -0.383 e. The van der Waals surface area contributed by atoms with Crippen LogP contribution in [-0.4, -0.2) is 5.84 Å². The maximum absolute atomic E-state index is 6.16. The fourth-order valence-corrected chi connectivity index (χ4v) is 3.96. The van der Waals surface area contributed by atoms with Gasteiger partial charge in [-0.2, -0.15) is 0 Å². The molecular formula is C21H17Cl3N2. The number of hydrogen-bond acceptors (Lipinski definition) is 2. The molecule has 0 bridgehead atoms. The van der Waals surface area contributed by atoms with E-state index >= 15 is 0 Å². The number of hydrogen-bond donors (Lipinski definition) is 1. The average Bonchev–Trinajstić information content (AvgIpc) is 2.87. The van der Waals surface area contributed by atoms with Crippen LogP contribution in [0.2, 0.25) is 10.0 Å². The minimum absolute atomic E-state index is 0. The lowest BCUT2D eigenvalue weighted by Gasteiger charge is -2.24. The molecule has 0 amide bonds. The number of fused-ring (bicyclic) bond motifs is 1. The standard InChI is InChI=1S/C21H16Cl2N2.ClH/c1-21(19-8-3-2-7-18(19)20(24)25-21)15-6-4-5-13(9-15)14-10-16(22)12-17(23)11-14;/h2-12H,1H3,(H2,24,25);1H. The lowest BCUT2D eigenvalue weighted by atomic mass is 9.84. The number of nitrogens with two attached hydrogens (primary N) is 1. The molecule has 1 aliphatic heterocycles. The first-order chi connectivity index (χ1) is 12.0. The van der Waals surface area contributed by atoms with E-state index in [1.165, 1.54) is 0 Å². The number of nitrogens with zero attached hydrogens (tertiary/aromatic N) is 1. The molecular weight excluding hydrogens is 387 g/mol. The average molecular weight is 404 g/mol. The van der Waals surface area contributed by atoms with Crippen LogP contribution in [0.15, 0.2) is 71.7 Å². The third-order valence-corrected chi connectivity index (χ3v) is 5.13. The normalized spacial score (nSPS) is 18.0. The first-order valence-electron chi connectivity index (χ1n) is 7.99. The Hall–Kier alpha value is -2.00. The summed E-state index contributed by atoms with van der Waals surface area (Å²) in [4.78, 5) is 4.77. The molecule has 0 spiro atoms. The number of halogens is 3. The summed E-state index contributed by atoms with van der Waals surface area (Å²) in [6, 6.07) is 21.9. The van der Waals surface area contributed by atoms with Gasteiger partial charge in [0.15, 0.2) is 0 Å². The summed E-state index contributed by atoms with van der Waals surface area (Å²) >= 11 is 12.3. The smallest absolute Gasteiger partial charge is 0.127 e. The number of rotatable bonds is 2. The fourth-order valence-electron chi connectivity index (χ4n) is 3.43. The van der Waals surface area contributed by atoms with Crippen LogP contribution in [0.25, 0.3) is 11.1 Å². The second-order valence-corrected chi connectivity index (χ2v) is 7.23. The van der Waals surface area contributed by atoms with E-state index in [9.17, 15) is 0 Å². The summed E-state index contributed by atoms with van der Waals surface area (Å²) < 4.78 is 0. The summed E-state index contributed by atoms with van der Waals surface area (Å²) in [5, 5.41) is 1.24. The third-order valence-electron chi connectivity index (χ3n) is 4.69. The van der Waals surface area contributed by atoms with Crippen LogP contribution in [0.1, 0.15) is 23.6 Å². The molecule has 26 heavy (non-hydrogen) atoms. The van der Waals surface area contributed by atoms with Crippen LogP contribution >= 0.6 is 35.6 Å². The molecule has 0 aliphatic carbocycles. The highest BCUT2D eigenvalue weighted by atomic mass is 35.5. The number of benzene rings is 3. The van der Waals surface area contributed by atoms with Crippen molar-refractivity contribution in [1.82, 2.24) is 0 Å².